The van der Waals surface area contributed by atoms with Crippen LogP contribution in [0.2, 0.25) is 0 Å². The molecule has 0 fully saturated rings. The first-order valence-corrected chi connectivity index (χ1v) is 8.28. The zero-order valence-electron chi connectivity index (χ0n) is 14.2. The lowest BCUT2D eigenvalue weighted by molar-refractivity contribution is 0.278. The van der Waals surface area contributed by atoms with Crippen LogP contribution in [0.1, 0.15) is 5.56 Å². The van der Waals surface area contributed by atoms with Crippen molar-refractivity contribution in [2.45, 2.75) is 0 Å². The molecular weight excluding hydrogens is 323 g/mol. The van der Waals surface area contributed by atoms with Crippen LogP contribution >= 0.6 is 0 Å². The Morgan fingerprint density at radius 2 is 1.19 bits per heavy atom. The van der Waals surface area contributed by atoms with Gasteiger partial charge in [0.1, 0.15) is 0 Å². The summed E-state index contributed by atoms with van der Waals surface area (Å²) >= 11 is 0. The van der Waals surface area contributed by atoms with Gasteiger partial charge in [-0.25, -0.2) is 0 Å². The van der Waals surface area contributed by atoms with Crippen LogP contribution < -0.4 is 0 Å². The lowest BCUT2D eigenvalue weighted by atomic mass is 9.90. The van der Waals surface area contributed by atoms with Crippen molar-refractivity contribution in [2.24, 2.45) is 0 Å². The molecule has 0 aliphatic heterocycles. The van der Waals surface area contributed by atoms with Crippen molar-refractivity contribution in [3.8, 4) is 11.1 Å². The summed E-state index contributed by atoms with van der Waals surface area (Å²) in [4.78, 5) is 0. The maximum absolute atomic E-state index is 7.17. The first-order chi connectivity index (χ1) is 12.6. The van der Waals surface area contributed by atoms with Gasteiger partial charge in [-0.1, -0.05) is 91.5 Å². The van der Waals surface area contributed by atoms with Crippen molar-refractivity contribution in [1.29, 1.82) is 0 Å². The Morgan fingerprint density at radius 3 is 1.85 bits per heavy atom. The molecule has 0 unspecified atom stereocenters. The largest absolute Gasteiger partial charge is 0.631 e. The minimum atomic E-state index is -2.17. The second kappa shape index (κ2) is 7.98. The maximum atomic E-state index is 7.17. The van der Waals surface area contributed by atoms with Gasteiger partial charge in [0.2, 0.25) is 0 Å². The van der Waals surface area contributed by atoms with Crippen molar-refractivity contribution >= 4 is 34.9 Å². The van der Waals surface area contributed by atoms with Gasteiger partial charge in [0, 0.05) is 0 Å². The Hall–Kier alpha value is -2.92. The maximum Gasteiger partial charge on any atom is 0.631 e. The molecule has 4 heteroatoms. The summed E-state index contributed by atoms with van der Waals surface area (Å²) in [7, 11) is -2.17. The lowest BCUT2D eigenvalue weighted by Gasteiger charge is -2.13. The Balaban J connectivity index is 0.000000447. The standard InChI is InChI=1S/C22H16.BH3O3/c1-2-16-14-15-18-9-4-6-12-20(18)22(16)21-13-7-10-17-8-3-5-11-19(17)21;2-1(3)4/h2-15H,1H2;2-4H. The molecule has 0 atom stereocenters. The molecule has 0 aliphatic rings. The zero-order valence-corrected chi connectivity index (χ0v) is 14.2. The molecule has 0 spiro atoms. The Labute approximate surface area is 152 Å². The van der Waals surface area contributed by atoms with E-state index in [0.717, 1.165) is 0 Å². The molecule has 0 aromatic heterocycles. The highest BCUT2D eigenvalue weighted by Gasteiger charge is 2.10. The quantitative estimate of drug-likeness (QED) is 0.477. The highest BCUT2D eigenvalue weighted by Crippen LogP contribution is 2.36. The molecule has 3 nitrogen and oxygen atoms in total. The van der Waals surface area contributed by atoms with E-state index in [2.05, 4.69) is 85.4 Å². The fraction of sp³-hybridized carbons (Fsp3) is 0. The number of fused-ring (bicyclic) bond motifs is 2. The van der Waals surface area contributed by atoms with Gasteiger partial charge in [-0.15, -0.1) is 0 Å². The molecule has 0 amide bonds. The van der Waals surface area contributed by atoms with E-state index < -0.39 is 7.32 Å². The van der Waals surface area contributed by atoms with E-state index in [0.29, 0.717) is 0 Å². The highest BCUT2D eigenvalue weighted by atomic mass is 16.5. The number of hydrogen-bond donors (Lipinski definition) is 3. The molecule has 0 heterocycles. The number of rotatable bonds is 2. The smallest absolute Gasteiger partial charge is 0.402 e. The van der Waals surface area contributed by atoms with Crippen molar-refractivity contribution in [2.75, 3.05) is 0 Å². The van der Waals surface area contributed by atoms with Gasteiger partial charge in [-0.05, 0) is 38.2 Å². The highest BCUT2D eigenvalue weighted by molar-refractivity contribution is 6.30. The molecule has 4 rings (SSSR count). The summed E-state index contributed by atoms with van der Waals surface area (Å²) in [6.07, 6.45) is 1.95. The van der Waals surface area contributed by atoms with E-state index in [4.69, 9.17) is 15.1 Å². The topological polar surface area (TPSA) is 60.7 Å². The normalized spacial score (nSPS) is 10.3. The Kier molecular flexibility index (Phi) is 5.49. The molecule has 0 saturated carbocycles. The van der Waals surface area contributed by atoms with Crippen molar-refractivity contribution in [1.82, 2.24) is 0 Å². The predicted molar refractivity (Wildman–Crippen MR) is 109 cm³/mol. The second-order valence-corrected chi connectivity index (χ2v) is 5.83. The molecule has 3 N–H and O–H groups in total. The first-order valence-electron chi connectivity index (χ1n) is 8.28. The lowest BCUT2D eigenvalue weighted by Crippen LogP contribution is -2.07. The van der Waals surface area contributed by atoms with E-state index in [1.165, 1.54) is 38.2 Å². The third-order valence-corrected chi connectivity index (χ3v) is 4.24. The summed E-state index contributed by atoms with van der Waals surface area (Å²) in [5.74, 6) is 0. The summed E-state index contributed by atoms with van der Waals surface area (Å²) in [6.45, 7) is 4.00. The van der Waals surface area contributed by atoms with E-state index in [1.54, 1.807) is 0 Å². The average Bonchev–Trinajstić information content (AvgIpc) is 2.66. The molecule has 0 radical (unpaired) electrons. The van der Waals surface area contributed by atoms with Gasteiger partial charge in [0.25, 0.3) is 0 Å². The second-order valence-electron chi connectivity index (χ2n) is 5.83. The van der Waals surface area contributed by atoms with Crippen LogP contribution in [0.25, 0.3) is 38.7 Å². The molecule has 0 saturated heterocycles. The molecular formula is C22H19BO3. The minimum absolute atomic E-state index is 1.18. The van der Waals surface area contributed by atoms with E-state index >= 15 is 0 Å². The molecule has 128 valence electrons. The average molecular weight is 342 g/mol. The monoisotopic (exact) mass is 342 g/mol. The van der Waals surface area contributed by atoms with Crippen molar-refractivity contribution in [3.05, 3.63) is 91.0 Å². The SMILES string of the molecule is C=Cc1ccc2ccccc2c1-c1cccc2ccccc12.OB(O)O. The van der Waals surface area contributed by atoms with Crippen LogP contribution in [0.4, 0.5) is 0 Å². The van der Waals surface area contributed by atoms with Crippen LogP contribution in [-0.4, -0.2) is 22.4 Å². The van der Waals surface area contributed by atoms with Gasteiger partial charge >= 0.3 is 7.32 Å². The summed E-state index contributed by atoms with van der Waals surface area (Å²) in [6, 6.07) is 27.9. The molecule has 4 aromatic carbocycles. The predicted octanol–water partition coefficient (Wildman–Crippen LogP) is 4.25. The Morgan fingerprint density at radius 1 is 0.654 bits per heavy atom. The third-order valence-electron chi connectivity index (χ3n) is 4.24. The van der Waals surface area contributed by atoms with Gasteiger partial charge in [-0.3, -0.25) is 0 Å². The van der Waals surface area contributed by atoms with Gasteiger partial charge in [-0.2, -0.15) is 0 Å². The molecule has 4 aromatic rings. The van der Waals surface area contributed by atoms with E-state index in [9.17, 15) is 0 Å². The van der Waals surface area contributed by atoms with Crippen LogP contribution in [0.3, 0.4) is 0 Å². The summed E-state index contributed by atoms with van der Waals surface area (Å²) < 4.78 is 0. The molecule has 26 heavy (non-hydrogen) atoms. The zero-order chi connectivity index (χ0) is 18.5. The van der Waals surface area contributed by atoms with Gasteiger partial charge in [0.15, 0.2) is 0 Å². The van der Waals surface area contributed by atoms with Crippen LogP contribution in [-0.2, 0) is 0 Å². The molecule has 0 bridgehead atoms. The van der Waals surface area contributed by atoms with E-state index in [-0.39, 0.29) is 0 Å². The molecule has 0 aliphatic carbocycles. The number of hydrogen-bond acceptors (Lipinski definition) is 3. The Bertz CT molecular complexity index is 1050. The van der Waals surface area contributed by atoms with Gasteiger partial charge < -0.3 is 15.1 Å². The third kappa shape index (κ3) is 3.68. The summed E-state index contributed by atoms with van der Waals surface area (Å²) in [5, 5.41) is 26.6. The number of benzene rings is 4. The van der Waals surface area contributed by atoms with Crippen molar-refractivity contribution < 1.29 is 15.1 Å². The summed E-state index contributed by atoms with van der Waals surface area (Å²) in [5.41, 5.74) is 3.71. The van der Waals surface area contributed by atoms with E-state index in [1.807, 2.05) is 6.08 Å². The first kappa shape index (κ1) is 17.9. The minimum Gasteiger partial charge on any atom is -0.402 e. The van der Waals surface area contributed by atoms with Crippen LogP contribution in [0.15, 0.2) is 85.4 Å². The van der Waals surface area contributed by atoms with Crippen LogP contribution in [0.5, 0.6) is 0 Å². The fourth-order valence-electron chi connectivity index (χ4n) is 3.20. The van der Waals surface area contributed by atoms with Gasteiger partial charge in [0.05, 0.1) is 0 Å². The van der Waals surface area contributed by atoms with Crippen molar-refractivity contribution in [3.63, 3.8) is 0 Å². The van der Waals surface area contributed by atoms with Crippen LogP contribution in [0, 0.1) is 0 Å². The fourth-order valence-corrected chi connectivity index (χ4v) is 3.20.